The molecule has 0 saturated heterocycles. The number of aromatic amines is 4. The van der Waals surface area contributed by atoms with Crippen molar-refractivity contribution in [2.45, 2.75) is 66.2 Å². The fourth-order valence-electron chi connectivity index (χ4n) is 4.54. The maximum absolute atomic E-state index is 10.7. The zero-order chi connectivity index (χ0) is 46.8. The summed E-state index contributed by atoms with van der Waals surface area (Å²) in [4.78, 5) is 0. The van der Waals surface area contributed by atoms with E-state index in [0.717, 1.165) is 0 Å². The minimum absolute atomic E-state index is 0.00256. The summed E-state index contributed by atoms with van der Waals surface area (Å²) in [7, 11) is 0. The Morgan fingerprint density at radius 2 is 0.600 bits per heavy atom. The first-order valence-corrected chi connectivity index (χ1v) is 28.1. The molecule has 10 N–H and O–H groups in total. The highest BCUT2D eigenvalue weighted by Gasteiger charge is 2.20. The molecule has 0 radical (unpaired) electrons. The Kier molecular flexibility index (Phi) is 29.7. The SMILES string of the molecule is OC(COCC(O)CSc1n[nH]c(=S)s1)COCC(COCC(O)COCC(COCC(O)CSc1n[nH]c(=S)s1)OCC(O)CSc1n[nH]c(=S)s1)OCC(O)CSc1n[nH]c(=S)s1. The lowest BCUT2D eigenvalue weighted by Crippen LogP contribution is -2.35. The summed E-state index contributed by atoms with van der Waals surface area (Å²) in [6.07, 6.45) is -6.71. The Bertz CT molecular complexity index is 2090. The lowest BCUT2D eigenvalue weighted by Gasteiger charge is -2.23. The van der Waals surface area contributed by atoms with E-state index in [2.05, 4.69) is 40.8 Å². The molecule has 0 aliphatic rings. The van der Waals surface area contributed by atoms with Crippen molar-refractivity contribution in [3.05, 3.63) is 15.8 Å². The van der Waals surface area contributed by atoms with Gasteiger partial charge in [0.2, 0.25) is 0 Å². The number of aromatic nitrogens is 8. The van der Waals surface area contributed by atoms with Crippen LogP contribution in [0.25, 0.3) is 0 Å². The Hall–Kier alpha value is -0.000000000000000278. The highest BCUT2D eigenvalue weighted by Crippen LogP contribution is 2.24. The van der Waals surface area contributed by atoms with Crippen LogP contribution in [0.3, 0.4) is 0 Å². The third-order valence-corrected chi connectivity index (χ3v) is 16.9. The average molecular weight is 1140 g/mol. The van der Waals surface area contributed by atoms with Crippen molar-refractivity contribution < 1.29 is 63.8 Å². The fourth-order valence-corrected chi connectivity index (χ4v) is 12.6. The second-order valence-corrected chi connectivity index (χ2v) is 25.0. The van der Waals surface area contributed by atoms with Crippen LogP contribution in [0, 0.1) is 15.8 Å². The van der Waals surface area contributed by atoms with Crippen molar-refractivity contribution in [3.8, 4) is 0 Å². The van der Waals surface area contributed by atoms with Gasteiger partial charge in [-0.1, -0.05) is 92.4 Å². The predicted octanol–water partition coefficient (Wildman–Crippen LogP) is 3.23. The lowest BCUT2D eigenvalue weighted by atomic mass is 10.3. The van der Waals surface area contributed by atoms with Gasteiger partial charge >= 0.3 is 0 Å². The molecule has 0 aliphatic heterocycles. The van der Waals surface area contributed by atoms with Crippen molar-refractivity contribution in [1.29, 1.82) is 0 Å². The third kappa shape index (κ3) is 26.7. The van der Waals surface area contributed by atoms with Gasteiger partial charge in [0.1, 0.15) is 24.4 Å². The van der Waals surface area contributed by atoms with Gasteiger partial charge in [-0.15, -0.1) is 0 Å². The first-order valence-electron chi connectivity index (χ1n) is 19.2. The average Bonchev–Trinajstić information content (AvgIpc) is 4.10. The summed E-state index contributed by atoms with van der Waals surface area (Å²) in [5, 5.41) is 90.0. The molecule has 4 aromatic rings. The van der Waals surface area contributed by atoms with Gasteiger partial charge in [0, 0.05) is 23.0 Å². The zero-order valence-electron chi connectivity index (χ0n) is 34.2. The van der Waals surface area contributed by atoms with E-state index in [4.69, 9.17) is 82.0 Å². The van der Waals surface area contributed by atoms with E-state index >= 15 is 0 Å². The smallest absolute Gasteiger partial charge is 0.177 e. The summed E-state index contributed by atoms with van der Waals surface area (Å²) in [5.74, 6) is 1.26. The first kappa shape index (κ1) is 57.6. The van der Waals surface area contributed by atoms with E-state index in [9.17, 15) is 30.6 Å². The molecule has 33 heteroatoms. The Morgan fingerprint density at radius 1 is 0.369 bits per heavy atom. The standard InChI is InChI=1S/C32H50N8O13S12/c41-17(1-47-5-19(43)13-58-29-37-33-25(54)62-29)2-48-9-23(52-7-21(45)15-60-31-39-35-27(56)64-31)10-49-3-18(42)4-50-11-24(53-8-22(46)16-61-32-40-36-28(57)65-32)12-51-6-20(44)14-59-30-38-34-26(55)63-30/h17-24,41-46H,1-16H2,(H,33,54)(H,34,55)(H,35,56)(H,36,57). The lowest BCUT2D eigenvalue weighted by molar-refractivity contribution is -0.112. The van der Waals surface area contributed by atoms with Crippen LogP contribution in [0.2, 0.25) is 0 Å². The van der Waals surface area contributed by atoms with Gasteiger partial charge in [0.15, 0.2) is 33.2 Å². The van der Waals surface area contributed by atoms with Crippen LogP contribution in [0.15, 0.2) is 17.4 Å². The van der Waals surface area contributed by atoms with Crippen LogP contribution in [0.5, 0.6) is 0 Å². The number of H-pyrrole nitrogens is 4. The zero-order valence-corrected chi connectivity index (χ0v) is 44.0. The monoisotopic (exact) mass is 1140 g/mol. The number of nitrogens with one attached hydrogen (secondary N) is 4. The molecule has 0 amide bonds. The van der Waals surface area contributed by atoms with Crippen molar-refractivity contribution in [2.24, 2.45) is 0 Å². The fraction of sp³-hybridized carbons (Fsp3) is 0.750. The number of rotatable bonds is 38. The molecule has 0 bridgehead atoms. The molecular formula is C32H50N8O13S12. The normalized spacial score (nSPS) is 15.7. The second kappa shape index (κ2) is 33.6. The minimum atomic E-state index is -1.06. The molecule has 65 heavy (non-hydrogen) atoms. The van der Waals surface area contributed by atoms with Gasteiger partial charge in [-0.3, -0.25) is 20.4 Å². The maximum Gasteiger partial charge on any atom is 0.177 e. The van der Waals surface area contributed by atoms with Crippen LogP contribution >= 0.6 is 141 Å². The largest absolute Gasteiger partial charge is 0.390 e. The molecule has 368 valence electrons. The summed E-state index contributed by atoms with van der Waals surface area (Å²) in [6, 6.07) is 0. The van der Waals surface area contributed by atoms with Gasteiger partial charge in [-0.25, -0.2) is 0 Å². The van der Waals surface area contributed by atoms with E-state index < -0.39 is 48.8 Å². The van der Waals surface area contributed by atoms with Crippen molar-refractivity contribution in [1.82, 2.24) is 40.8 Å². The molecule has 0 aliphatic carbocycles. The number of hydrogen-bond donors (Lipinski definition) is 10. The van der Waals surface area contributed by atoms with Crippen molar-refractivity contribution in [3.63, 3.8) is 0 Å². The number of ether oxygens (including phenoxy) is 7. The molecule has 21 nitrogen and oxygen atoms in total. The maximum atomic E-state index is 10.7. The first-order chi connectivity index (χ1) is 31.3. The van der Waals surface area contributed by atoms with Gasteiger partial charge in [-0.2, -0.15) is 20.4 Å². The minimum Gasteiger partial charge on any atom is -0.390 e. The van der Waals surface area contributed by atoms with Gasteiger partial charge in [0.25, 0.3) is 0 Å². The van der Waals surface area contributed by atoms with Gasteiger partial charge in [0.05, 0.1) is 104 Å². The predicted molar refractivity (Wildman–Crippen MR) is 262 cm³/mol. The number of thioether (sulfide) groups is 4. The summed E-state index contributed by atoms with van der Waals surface area (Å²) in [5.41, 5.74) is 0. The topological polar surface area (TPSA) is 301 Å². The summed E-state index contributed by atoms with van der Waals surface area (Å²) >= 11 is 30.7. The summed E-state index contributed by atoms with van der Waals surface area (Å²) < 4.78 is 45.2. The quantitative estimate of drug-likeness (QED) is 0.0228. The number of aliphatic hydroxyl groups excluding tert-OH is 6. The molecule has 0 spiro atoms. The third-order valence-electron chi connectivity index (χ3n) is 7.40. The molecule has 4 rings (SSSR count). The molecule has 8 atom stereocenters. The van der Waals surface area contributed by atoms with Crippen LogP contribution in [0.4, 0.5) is 0 Å². The number of hydrogen-bond acceptors (Lipinski definition) is 29. The number of nitrogens with zero attached hydrogens (tertiary/aromatic N) is 4. The Balaban J connectivity index is 1.18. The summed E-state index contributed by atoms with van der Waals surface area (Å²) in [6.45, 7) is -0.592. The van der Waals surface area contributed by atoms with Gasteiger partial charge < -0.3 is 63.8 Å². The molecule has 0 saturated carbocycles. The van der Waals surface area contributed by atoms with E-state index in [1.807, 2.05) is 0 Å². The van der Waals surface area contributed by atoms with Crippen LogP contribution in [-0.4, -0.2) is 223 Å². The van der Waals surface area contributed by atoms with Crippen LogP contribution in [-0.2, 0) is 33.2 Å². The number of aliphatic hydroxyl groups is 6. The van der Waals surface area contributed by atoms with E-state index in [0.29, 0.717) is 50.4 Å². The molecule has 8 unspecified atom stereocenters. The van der Waals surface area contributed by atoms with Crippen LogP contribution < -0.4 is 0 Å². The highest BCUT2D eigenvalue weighted by atomic mass is 32.2. The molecule has 4 aromatic heterocycles. The molecular weight excluding hydrogens is 1090 g/mol. The van der Waals surface area contributed by atoms with E-state index in [1.54, 1.807) is 0 Å². The van der Waals surface area contributed by atoms with Crippen molar-refractivity contribution >= 4 is 141 Å². The van der Waals surface area contributed by atoms with Gasteiger partial charge in [-0.05, 0) is 48.9 Å². The van der Waals surface area contributed by atoms with Crippen LogP contribution in [0.1, 0.15) is 0 Å². The van der Waals surface area contributed by atoms with Crippen molar-refractivity contribution in [2.75, 3.05) is 102 Å². The molecule has 0 aromatic carbocycles. The Morgan fingerprint density at radius 3 is 0.846 bits per heavy atom. The molecule has 0 fully saturated rings. The molecule has 4 heterocycles. The highest BCUT2D eigenvalue weighted by molar-refractivity contribution is 8.02. The van der Waals surface area contributed by atoms with E-state index in [1.165, 1.54) is 92.4 Å². The second-order valence-electron chi connectivity index (χ2n) is 13.3. The van der Waals surface area contributed by atoms with E-state index in [-0.39, 0.29) is 85.0 Å². The Labute approximate surface area is 426 Å².